The lowest BCUT2D eigenvalue weighted by Gasteiger charge is -2.20. The molecule has 0 N–H and O–H groups in total. The number of thiazole rings is 1. The molecule has 2 aromatic rings. The summed E-state index contributed by atoms with van der Waals surface area (Å²) in [6.45, 7) is 2.18. The lowest BCUT2D eigenvalue weighted by molar-refractivity contribution is -0.118. The third kappa shape index (κ3) is 4.47. The maximum Gasteiger partial charge on any atom is 0.229 e. The monoisotopic (exact) mass is 365 g/mol. The molecule has 0 saturated heterocycles. The van der Waals surface area contributed by atoms with Crippen molar-refractivity contribution in [3.05, 3.63) is 29.7 Å². The van der Waals surface area contributed by atoms with E-state index in [1.807, 2.05) is 25.3 Å². The van der Waals surface area contributed by atoms with Crippen LogP contribution in [0.15, 0.2) is 24.5 Å². The number of terminal acetylenes is 1. The van der Waals surface area contributed by atoms with Gasteiger partial charge in [-0.05, 0) is 18.4 Å². The van der Waals surface area contributed by atoms with Crippen molar-refractivity contribution >= 4 is 45.6 Å². The van der Waals surface area contributed by atoms with Crippen molar-refractivity contribution in [2.45, 2.75) is 18.6 Å². The van der Waals surface area contributed by atoms with E-state index >= 15 is 0 Å². The number of carbonyl (C=O) groups is 1. The van der Waals surface area contributed by atoms with Crippen molar-refractivity contribution < 1.29 is 4.79 Å². The third-order valence-electron chi connectivity index (χ3n) is 3.14. The minimum atomic E-state index is -0.0481. The second-order valence-electron chi connectivity index (χ2n) is 4.79. The van der Waals surface area contributed by atoms with Gasteiger partial charge in [0.05, 0.1) is 6.54 Å². The van der Waals surface area contributed by atoms with Gasteiger partial charge in [0.1, 0.15) is 10.0 Å². The van der Waals surface area contributed by atoms with Gasteiger partial charge in [0.25, 0.3) is 0 Å². The fourth-order valence-electron chi connectivity index (χ4n) is 1.88. The van der Waals surface area contributed by atoms with Crippen LogP contribution in [0.1, 0.15) is 13.3 Å². The van der Waals surface area contributed by atoms with Crippen molar-refractivity contribution in [2.75, 3.05) is 17.7 Å². The lowest BCUT2D eigenvalue weighted by atomic mass is 10.3. The molecule has 0 aliphatic carbocycles. The molecule has 2 aromatic heterocycles. The van der Waals surface area contributed by atoms with Crippen molar-refractivity contribution in [1.29, 1.82) is 0 Å². The molecule has 0 bridgehead atoms. The Kier molecular flexibility index (Phi) is 6.46. The zero-order valence-corrected chi connectivity index (χ0v) is 15.2. The van der Waals surface area contributed by atoms with Crippen LogP contribution >= 0.6 is 34.7 Å². The first-order valence-electron chi connectivity index (χ1n) is 6.90. The number of thioether (sulfide) groups is 1. The summed E-state index contributed by atoms with van der Waals surface area (Å²) in [4.78, 5) is 22.5. The van der Waals surface area contributed by atoms with Gasteiger partial charge in [-0.1, -0.05) is 35.8 Å². The number of nitrogens with zero attached hydrogens (tertiary/aromatic N) is 3. The van der Waals surface area contributed by atoms with Gasteiger partial charge in [-0.2, -0.15) is 11.8 Å². The molecule has 4 nitrogen and oxygen atoms in total. The molecule has 1 atom stereocenters. The molecule has 0 saturated carbocycles. The molecule has 2 rings (SSSR count). The second-order valence-corrected chi connectivity index (χ2v) is 7.40. The molecule has 0 aromatic carbocycles. The highest BCUT2D eigenvalue weighted by Gasteiger charge is 2.23. The number of amides is 1. The predicted octanol–water partition coefficient (Wildman–Crippen LogP) is 3.97. The van der Waals surface area contributed by atoms with E-state index in [0.29, 0.717) is 16.4 Å². The highest BCUT2D eigenvalue weighted by Crippen LogP contribution is 2.37. The first-order chi connectivity index (χ1) is 11.1. The number of anilines is 1. The number of hydrogen-bond donors (Lipinski definition) is 0. The first-order valence-corrected chi connectivity index (χ1v) is 9.38. The number of pyridine rings is 1. The van der Waals surface area contributed by atoms with Gasteiger partial charge in [0.15, 0.2) is 5.15 Å². The van der Waals surface area contributed by atoms with Gasteiger partial charge in [-0.3, -0.25) is 14.7 Å². The third-order valence-corrected chi connectivity index (χ3v) is 5.61. The van der Waals surface area contributed by atoms with Crippen LogP contribution in [0.3, 0.4) is 0 Å². The topological polar surface area (TPSA) is 46.1 Å². The van der Waals surface area contributed by atoms with E-state index < -0.39 is 0 Å². The minimum absolute atomic E-state index is 0.0481. The molecule has 7 heteroatoms. The number of carbonyl (C=O) groups excluding carboxylic acids is 1. The molecule has 0 aliphatic heterocycles. The molecule has 0 fully saturated rings. The van der Waals surface area contributed by atoms with Gasteiger partial charge in [-0.25, -0.2) is 4.98 Å². The molecule has 0 aliphatic rings. The SMILES string of the molecule is C#CCN(C(=O)CC(C)SC)c1sc(-c2cccnc2)nc1Cl. The van der Waals surface area contributed by atoms with E-state index in [-0.39, 0.29) is 22.9 Å². The van der Waals surface area contributed by atoms with Crippen LogP contribution < -0.4 is 4.90 Å². The van der Waals surface area contributed by atoms with Crippen molar-refractivity contribution in [3.8, 4) is 22.9 Å². The van der Waals surface area contributed by atoms with E-state index in [2.05, 4.69) is 15.9 Å². The Morgan fingerprint density at radius 2 is 2.39 bits per heavy atom. The maximum atomic E-state index is 12.5. The summed E-state index contributed by atoms with van der Waals surface area (Å²) in [5.41, 5.74) is 0.858. The summed E-state index contributed by atoms with van der Waals surface area (Å²) < 4.78 is 0. The summed E-state index contributed by atoms with van der Waals surface area (Å²) in [5.74, 6) is 2.47. The van der Waals surface area contributed by atoms with E-state index in [0.717, 1.165) is 5.56 Å². The molecular weight excluding hydrogens is 350 g/mol. The summed E-state index contributed by atoms with van der Waals surface area (Å²) in [5, 5.41) is 1.80. The number of rotatable bonds is 6. The predicted molar refractivity (Wildman–Crippen MR) is 99.1 cm³/mol. The van der Waals surface area contributed by atoms with Crippen LogP contribution in [0, 0.1) is 12.3 Å². The van der Waals surface area contributed by atoms with Gasteiger partial charge < -0.3 is 0 Å². The average Bonchev–Trinajstić information content (AvgIpc) is 2.94. The van der Waals surface area contributed by atoms with Crippen LogP contribution in [0.2, 0.25) is 5.15 Å². The van der Waals surface area contributed by atoms with Crippen molar-refractivity contribution in [1.82, 2.24) is 9.97 Å². The molecule has 2 heterocycles. The minimum Gasteiger partial charge on any atom is -0.289 e. The summed E-state index contributed by atoms with van der Waals surface area (Å²) >= 11 is 9.23. The highest BCUT2D eigenvalue weighted by molar-refractivity contribution is 7.99. The van der Waals surface area contributed by atoms with Gasteiger partial charge in [0, 0.05) is 29.6 Å². The Balaban J connectivity index is 2.31. The molecule has 0 spiro atoms. The summed E-state index contributed by atoms with van der Waals surface area (Å²) in [7, 11) is 0. The van der Waals surface area contributed by atoms with Crippen LogP contribution in [-0.2, 0) is 4.79 Å². The Labute approximate surface area is 149 Å². The van der Waals surface area contributed by atoms with E-state index in [1.165, 1.54) is 16.2 Å². The Morgan fingerprint density at radius 1 is 1.61 bits per heavy atom. The fourth-order valence-corrected chi connectivity index (χ4v) is 3.50. The Hall–Kier alpha value is -1.55. The van der Waals surface area contributed by atoms with E-state index in [9.17, 15) is 4.79 Å². The first kappa shape index (κ1) is 17.8. The van der Waals surface area contributed by atoms with Crippen LogP contribution in [-0.4, -0.2) is 33.9 Å². The van der Waals surface area contributed by atoms with Gasteiger partial charge in [0.2, 0.25) is 5.91 Å². The van der Waals surface area contributed by atoms with E-state index in [1.54, 1.807) is 24.2 Å². The number of aromatic nitrogens is 2. The molecule has 0 radical (unpaired) electrons. The van der Waals surface area contributed by atoms with Crippen LogP contribution in [0.4, 0.5) is 5.00 Å². The van der Waals surface area contributed by atoms with Crippen molar-refractivity contribution in [3.63, 3.8) is 0 Å². The van der Waals surface area contributed by atoms with Crippen molar-refractivity contribution in [2.24, 2.45) is 0 Å². The molecule has 23 heavy (non-hydrogen) atoms. The Bertz CT molecular complexity index is 712. The molecular formula is C16H16ClN3OS2. The van der Waals surface area contributed by atoms with Crippen LogP contribution in [0.5, 0.6) is 0 Å². The normalized spacial score (nSPS) is 11.7. The second kappa shape index (κ2) is 8.34. The smallest absolute Gasteiger partial charge is 0.229 e. The van der Waals surface area contributed by atoms with Gasteiger partial charge >= 0.3 is 0 Å². The van der Waals surface area contributed by atoms with Crippen LogP contribution in [0.25, 0.3) is 10.6 Å². The quantitative estimate of drug-likeness (QED) is 0.727. The molecule has 1 unspecified atom stereocenters. The zero-order chi connectivity index (χ0) is 16.8. The lowest BCUT2D eigenvalue weighted by Crippen LogP contribution is -2.32. The Morgan fingerprint density at radius 3 is 3.00 bits per heavy atom. The fraction of sp³-hybridized carbons (Fsp3) is 0.312. The largest absolute Gasteiger partial charge is 0.289 e. The molecule has 120 valence electrons. The summed E-state index contributed by atoms with van der Waals surface area (Å²) in [6, 6.07) is 3.73. The zero-order valence-electron chi connectivity index (χ0n) is 12.8. The number of halogens is 1. The summed E-state index contributed by atoms with van der Waals surface area (Å²) in [6.07, 6.45) is 11.2. The maximum absolute atomic E-state index is 12.5. The van der Waals surface area contributed by atoms with E-state index in [4.69, 9.17) is 18.0 Å². The average molecular weight is 366 g/mol. The van der Waals surface area contributed by atoms with Gasteiger partial charge in [-0.15, -0.1) is 6.42 Å². The highest BCUT2D eigenvalue weighted by atomic mass is 35.5. The number of hydrogen-bond acceptors (Lipinski definition) is 5. The standard InChI is InChI=1S/C16H16ClN3OS2/c1-4-8-20(13(21)9-11(2)22-3)16-14(17)19-15(23-16)12-6-5-7-18-10-12/h1,5-7,10-11H,8-9H2,2-3H3. The molecule has 1 amide bonds.